The summed E-state index contributed by atoms with van der Waals surface area (Å²) in [4.78, 5) is 22.9. The van der Waals surface area contributed by atoms with E-state index in [9.17, 15) is 4.79 Å². The molecule has 1 saturated carbocycles. The zero-order chi connectivity index (χ0) is 14.8. The van der Waals surface area contributed by atoms with Crippen LogP contribution in [-0.4, -0.2) is 58.8 Å². The number of amides is 1. The maximum Gasteiger partial charge on any atom is 0.274 e. The smallest absolute Gasteiger partial charge is 0.274 e. The van der Waals surface area contributed by atoms with E-state index in [1.54, 1.807) is 12.4 Å². The minimum atomic E-state index is -0.0802. The van der Waals surface area contributed by atoms with Crippen LogP contribution in [0.3, 0.4) is 0 Å². The molecule has 3 atom stereocenters. The number of ether oxygens (including phenoxy) is 2. The Kier molecular flexibility index (Phi) is 4.17. The van der Waals surface area contributed by atoms with Gasteiger partial charge < -0.3 is 14.4 Å². The lowest BCUT2D eigenvalue weighted by molar-refractivity contribution is -0.0484. The number of nitrogens with zero attached hydrogens (tertiary/aromatic N) is 3. The SMILES string of the molecule is CCOC1C2CCC1N(C(=O)c1cnc(C)cn1)CCO2. The molecule has 0 radical (unpaired) electrons. The molecule has 0 aromatic carbocycles. The molecule has 114 valence electrons. The van der Waals surface area contributed by atoms with Crippen LogP contribution in [-0.2, 0) is 9.47 Å². The van der Waals surface area contributed by atoms with Gasteiger partial charge in [-0.05, 0) is 26.7 Å². The summed E-state index contributed by atoms with van der Waals surface area (Å²) < 4.78 is 11.7. The standard InChI is InChI=1S/C15H21N3O3/c1-3-20-14-12-4-5-13(14)21-7-6-18(12)15(19)11-9-16-10(2)8-17-11/h8-9,12-14H,3-7H2,1-2H3. The summed E-state index contributed by atoms with van der Waals surface area (Å²) in [5.41, 5.74) is 1.19. The van der Waals surface area contributed by atoms with Gasteiger partial charge in [-0.1, -0.05) is 0 Å². The predicted molar refractivity (Wildman–Crippen MR) is 76.0 cm³/mol. The minimum Gasteiger partial charge on any atom is -0.374 e. The summed E-state index contributed by atoms with van der Waals surface area (Å²) in [6, 6.07) is 0.0769. The molecule has 0 spiro atoms. The van der Waals surface area contributed by atoms with Crippen LogP contribution in [0.2, 0.25) is 0 Å². The molecular formula is C15H21N3O3. The van der Waals surface area contributed by atoms with Gasteiger partial charge in [0.15, 0.2) is 0 Å². The van der Waals surface area contributed by atoms with Gasteiger partial charge in [-0.2, -0.15) is 0 Å². The van der Waals surface area contributed by atoms with Crippen LogP contribution in [0.4, 0.5) is 0 Å². The van der Waals surface area contributed by atoms with Crippen molar-refractivity contribution in [1.29, 1.82) is 0 Å². The first kappa shape index (κ1) is 14.4. The number of fused-ring (bicyclic) bond motifs is 2. The van der Waals surface area contributed by atoms with Gasteiger partial charge in [0, 0.05) is 19.3 Å². The molecule has 21 heavy (non-hydrogen) atoms. The lowest BCUT2D eigenvalue weighted by Crippen LogP contribution is -2.46. The van der Waals surface area contributed by atoms with Gasteiger partial charge >= 0.3 is 0 Å². The molecule has 1 aliphatic carbocycles. The topological polar surface area (TPSA) is 64.5 Å². The van der Waals surface area contributed by atoms with Gasteiger partial charge in [-0.3, -0.25) is 9.78 Å². The Hall–Kier alpha value is -1.53. The molecule has 6 heteroatoms. The minimum absolute atomic E-state index is 0.0279. The van der Waals surface area contributed by atoms with E-state index in [2.05, 4.69) is 9.97 Å². The molecular weight excluding hydrogens is 270 g/mol. The first-order valence-electron chi connectivity index (χ1n) is 7.53. The van der Waals surface area contributed by atoms with Crippen LogP contribution in [0.1, 0.15) is 35.9 Å². The predicted octanol–water partition coefficient (Wildman–Crippen LogP) is 1.19. The second kappa shape index (κ2) is 6.07. The average molecular weight is 291 g/mol. The summed E-state index contributed by atoms with van der Waals surface area (Å²) in [7, 11) is 0. The molecule has 6 nitrogen and oxygen atoms in total. The van der Waals surface area contributed by atoms with E-state index < -0.39 is 0 Å². The van der Waals surface area contributed by atoms with Crippen LogP contribution in [0.15, 0.2) is 12.4 Å². The van der Waals surface area contributed by atoms with Gasteiger partial charge in [-0.25, -0.2) is 4.98 Å². The number of hydrogen-bond acceptors (Lipinski definition) is 5. The van der Waals surface area contributed by atoms with E-state index in [1.165, 1.54) is 0 Å². The number of aromatic nitrogens is 2. The van der Waals surface area contributed by atoms with Crippen molar-refractivity contribution in [3.05, 3.63) is 23.8 Å². The number of carbonyl (C=O) groups is 1. The Balaban J connectivity index is 1.82. The molecule has 2 heterocycles. The van der Waals surface area contributed by atoms with Crippen molar-refractivity contribution in [3.8, 4) is 0 Å². The highest BCUT2D eigenvalue weighted by Crippen LogP contribution is 2.32. The monoisotopic (exact) mass is 291 g/mol. The van der Waals surface area contributed by atoms with Crippen molar-refractivity contribution in [2.75, 3.05) is 19.8 Å². The Morgan fingerprint density at radius 2 is 2.29 bits per heavy atom. The second-order valence-corrected chi connectivity index (χ2v) is 5.52. The fraction of sp³-hybridized carbons (Fsp3) is 0.667. The molecule has 1 aromatic rings. The first-order valence-corrected chi connectivity index (χ1v) is 7.53. The molecule has 2 fully saturated rings. The average Bonchev–Trinajstić information content (AvgIpc) is 2.76. The lowest BCUT2D eigenvalue weighted by atomic mass is 10.1. The van der Waals surface area contributed by atoms with Gasteiger partial charge in [-0.15, -0.1) is 0 Å². The highest BCUT2D eigenvalue weighted by molar-refractivity contribution is 5.92. The molecule has 0 N–H and O–H groups in total. The molecule has 3 unspecified atom stereocenters. The lowest BCUT2D eigenvalue weighted by Gasteiger charge is -2.30. The van der Waals surface area contributed by atoms with E-state index in [0.29, 0.717) is 25.5 Å². The van der Waals surface area contributed by atoms with Crippen LogP contribution < -0.4 is 0 Å². The molecule has 1 aromatic heterocycles. The molecule has 2 bridgehead atoms. The maximum absolute atomic E-state index is 12.7. The van der Waals surface area contributed by atoms with Crippen LogP contribution >= 0.6 is 0 Å². The van der Waals surface area contributed by atoms with Crippen molar-refractivity contribution in [2.45, 2.75) is 44.9 Å². The third-order valence-corrected chi connectivity index (χ3v) is 4.18. The highest BCUT2D eigenvalue weighted by Gasteiger charge is 2.44. The normalized spacial score (nSPS) is 28.5. The summed E-state index contributed by atoms with van der Waals surface area (Å²) in [6.07, 6.45) is 5.11. The van der Waals surface area contributed by atoms with Crippen molar-refractivity contribution in [3.63, 3.8) is 0 Å². The number of rotatable bonds is 3. The fourth-order valence-corrected chi connectivity index (χ4v) is 3.20. The van der Waals surface area contributed by atoms with Crippen molar-refractivity contribution in [1.82, 2.24) is 14.9 Å². The van der Waals surface area contributed by atoms with Crippen LogP contribution in [0, 0.1) is 6.92 Å². The number of hydrogen-bond donors (Lipinski definition) is 0. The van der Waals surface area contributed by atoms with Crippen LogP contribution in [0.25, 0.3) is 0 Å². The molecule has 1 amide bonds. The summed E-state index contributed by atoms with van der Waals surface area (Å²) >= 11 is 0. The zero-order valence-electron chi connectivity index (χ0n) is 12.5. The van der Waals surface area contributed by atoms with Gasteiger partial charge in [0.2, 0.25) is 0 Å². The third-order valence-electron chi connectivity index (χ3n) is 4.18. The summed E-state index contributed by atoms with van der Waals surface area (Å²) in [5, 5.41) is 0. The van der Waals surface area contributed by atoms with Gasteiger partial charge in [0.05, 0.1) is 30.6 Å². The van der Waals surface area contributed by atoms with Crippen molar-refractivity contribution < 1.29 is 14.3 Å². The fourth-order valence-electron chi connectivity index (χ4n) is 3.20. The van der Waals surface area contributed by atoms with Crippen molar-refractivity contribution in [2.24, 2.45) is 0 Å². The number of aryl methyl sites for hydroxylation is 1. The Morgan fingerprint density at radius 3 is 3.00 bits per heavy atom. The molecule has 1 saturated heterocycles. The molecule has 3 rings (SSSR count). The van der Waals surface area contributed by atoms with Gasteiger partial charge in [0.1, 0.15) is 11.8 Å². The van der Waals surface area contributed by atoms with Gasteiger partial charge in [0.25, 0.3) is 5.91 Å². The summed E-state index contributed by atoms with van der Waals surface area (Å²) in [6.45, 7) is 5.60. The van der Waals surface area contributed by atoms with Crippen LogP contribution in [0.5, 0.6) is 0 Å². The second-order valence-electron chi connectivity index (χ2n) is 5.52. The Bertz CT molecular complexity index is 505. The van der Waals surface area contributed by atoms with E-state index >= 15 is 0 Å². The molecule has 2 aliphatic rings. The van der Waals surface area contributed by atoms with E-state index in [0.717, 1.165) is 18.5 Å². The Morgan fingerprint density at radius 1 is 1.43 bits per heavy atom. The Labute approximate surface area is 124 Å². The van der Waals surface area contributed by atoms with E-state index in [1.807, 2.05) is 18.7 Å². The highest BCUT2D eigenvalue weighted by atomic mass is 16.5. The quantitative estimate of drug-likeness (QED) is 0.837. The largest absolute Gasteiger partial charge is 0.374 e. The number of carbonyl (C=O) groups excluding carboxylic acids is 1. The van der Waals surface area contributed by atoms with Crippen molar-refractivity contribution >= 4 is 5.91 Å². The maximum atomic E-state index is 12.7. The van der Waals surface area contributed by atoms with E-state index in [4.69, 9.17) is 9.47 Å². The van der Waals surface area contributed by atoms with E-state index in [-0.39, 0.29) is 24.2 Å². The zero-order valence-corrected chi connectivity index (χ0v) is 12.5. The molecule has 1 aliphatic heterocycles. The summed E-state index contributed by atoms with van der Waals surface area (Å²) in [5.74, 6) is -0.0802. The third kappa shape index (κ3) is 2.78. The first-order chi connectivity index (χ1) is 10.2.